The number of hydrogen-bond donors (Lipinski definition) is 1. The Balaban J connectivity index is 2.98. The molecule has 4 nitrogen and oxygen atoms in total. The van der Waals surface area contributed by atoms with Gasteiger partial charge in [-0.15, -0.1) is 0 Å². The van der Waals surface area contributed by atoms with E-state index in [1.54, 1.807) is 0 Å². The fourth-order valence-corrected chi connectivity index (χ4v) is 2.76. The highest BCUT2D eigenvalue weighted by Crippen LogP contribution is 2.22. The first kappa shape index (κ1) is 15.0. The smallest absolute Gasteiger partial charge is 0.246 e. The number of amides is 2. The molecule has 18 heavy (non-hydrogen) atoms. The highest BCUT2D eigenvalue weighted by atomic mass is 16.2. The summed E-state index contributed by atoms with van der Waals surface area (Å²) in [6.07, 6.45) is 4.29. The summed E-state index contributed by atoms with van der Waals surface area (Å²) in [7, 11) is 0. The van der Waals surface area contributed by atoms with E-state index in [2.05, 4.69) is 19.2 Å². The first-order valence-electron chi connectivity index (χ1n) is 7.23. The molecule has 1 rings (SSSR count). The molecule has 0 saturated carbocycles. The van der Waals surface area contributed by atoms with Gasteiger partial charge in [0.1, 0.15) is 12.1 Å². The van der Waals surface area contributed by atoms with E-state index in [4.69, 9.17) is 0 Å². The second-order valence-electron chi connectivity index (χ2n) is 4.99. The zero-order valence-electron chi connectivity index (χ0n) is 12.0. The zero-order chi connectivity index (χ0) is 13.7. The predicted molar refractivity (Wildman–Crippen MR) is 72.1 cm³/mol. The van der Waals surface area contributed by atoms with Crippen LogP contribution in [0.25, 0.3) is 0 Å². The number of carbonyl (C=O) groups excluding carboxylic acids is 2. The van der Waals surface area contributed by atoms with Gasteiger partial charge in [-0.25, -0.2) is 0 Å². The Bertz CT molecular complexity index is 304. The van der Waals surface area contributed by atoms with Gasteiger partial charge in [-0.3, -0.25) is 9.59 Å². The number of piperazine rings is 1. The quantitative estimate of drug-likeness (QED) is 0.789. The van der Waals surface area contributed by atoms with E-state index >= 15 is 0 Å². The first-order valence-corrected chi connectivity index (χ1v) is 7.23. The fraction of sp³-hybridized carbons (Fsp3) is 0.857. The number of carbonyl (C=O) groups is 2. The maximum Gasteiger partial charge on any atom is 0.246 e. The molecule has 0 aromatic carbocycles. The molecule has 1 saturated heterocycles. The fourth-order valence-electron chi connectivity index (χ4n) is 2.76. The van der Waals surface area contributed by atoms with Crippen molar-refractivity contribution < 1.29 is 9.59 Å². The van der Waals surface area contributed by atoms with Gasteiger partial charge in [0.2, 0.25) is 11.8 Å². The summed E-state index contributed by atoms with van der Waals surface area (Å²) < 4.78 is 0. The minimum absolute atomic E-state index is 0.0125. The predicted octanol–water partition coefficient (Wildman–Crippen LogP) is 2.08. The van der Waals surface area contributed by atoms with Crippen LogP contribution >= 0.6 is 0 Å². The third kappa shape index (κ3) is 2.85. The van der Waals surface area contributed by atoms with E-state index in [1.807, 2.05) is 18.7 Å². The number of nitrogens with one attached hydrogen (secondary N) is 1. The van der Waals surface area contributed by atoms with Crippen LogP contribution in [0.3, 0.4) is 0 Å². The molecule has 1 heterocycles. The molecule has 0 aliphatic carbocycles. The van der Waals surface area contributed by atoms with Gasteiger partial charge in [0.25, 0.3) is 0 Å². The van der Waals surface area contributed by atoms with Gasteiger partial charge in [-0.1, -0.05) is 34.1 Å². The zero-order valence-corrected chi connectivity index (χ0v) is 12.0. The molecular formula is C14H26N2O2. The molecule has 104 valence electrons. The lowest BCUT2D eigenvalue weighted by molar-refractivity contribution is -0.152. The van der Waals surface area contributed by atoms with Crippen LogP contribution in [0.1, 0.15) is 59.8 Å². The molecular weight excluding hydrogens is 228 g/mol. The molecule has 0 bridgehead atoms. The van der Waals surface area contributed by atoms with Crippen LogP contribution in [0.5, 0.6) is 0 Å². The number of nitrogens with zero attached hydrogens (tertiary/aromatic N) is 1. The molecule has 1 aliphatic heterocycles. The molecule has 0 aromatic rings. The minimum atomic E-state index is -0.328. The third-order valence-corrected chi connectivity index (χ3v) is 3.79. The van der Waals surface area contributed by atoms with Crippen LogP contribution < -0.4 is 5.32 Å². The number of hydrogen-bond acceptors (Lipinski definition) is 2. The highest BCUT2D eigenvalue weighted by molar-refractivity contribution is 5.97. The number of rotatable bonds is 6. The van der Waals surface area contributed by atoms with Crippen LogP contribution in [0.2, 0.25) is 0 Å². The molecule has 0 radical (unpaired) electrons. The molecule has 2 amide bonds. The van der Waals surface area contributed by atoms with Crippen LogP contribution in [0, 0.1) is 0 Å². The first-order chi connectivity index (χ1) is 8.60. The van der Waals surface area contributed by atoms with Crippen molar-refractivity contribution >= 4 is 11.8 Å². The lowest BCUT2D eigenvalue weighted by atomic mass is 9.97. The summed E-state index contributed by atoms with van der Waals surface area (Å²) in [6, 6.07) is -0.407. The molecule has 3 unspecified atom stereocenters. The third-order valence-electron chi connectivity index (χ3n) is 3.79. The van der Waals surface area contributed by atoms with Crippen molar-refractivity contribution in [1.29, 1.82) is 0 Å². The Labute approximate surface area is 110 Å². The molecule has 3 atom stereocenters. The second-order valence-corrected chi connectivity index (χ2v) is 4.99. The topological polar surface area (TPSA) is 49.4 Å². The normalized spacial score (nSPS) is 26.1. The van der Waals surface area contributed by atoms with Gasteiger partial charge >= 0.3 is 0 Å². The average molecular weight is 254 g/mol. The van der Waals surface area contributed by atoms with E-state index in [9.17, 15) is 9.59 Å². The molecule has 0 spiro atoms. The SMILES string of the molecule is CCCC(CC)N1C(=O)C(CC)NC(=O)C1CC. The largest absolute Gasteiger partial charge is 0.343 e. The average Bonchev–Trinajstić information content (AvgIpc) is 2.38. The van der Waals surface area contributed by atoms with E-state index in [1.165, 1.54) is 0 Å². The van der Waals surface area contributed by atoms with Gasteiger partial charge in [-0.05, 0) is 25.7 Å². The summed E-state index contributed by atoms with van der Waals surface area (Å²) in [4.78, 5) is 26.4. The Morgan fingerprint density at radius 3 is 2.28 bits per heavy atom. The van der Waals surface area contributed by atoms with Crippen molar-refractivity contribution in [2.75, 3.05) is 0 Å². The van der Waals surface area contributed by atoms with Crippen molar-refractivity contribution in [2.45, 2.75) is 77.9 Å². The summed E-state index contributed by atoms with van der Waals surface area (Å²) in [5, 5.41) is 2.84. The van der Waals surface area contributed by atoms with Crippen molar-refractivity contribution in [3.8, 4) is 0 Å². The second kappa shape index (κ2) is 6.76. The molecule has 4 heteroatoms. The van der Waals surface area contributed by atoms with Crippen molar-refractivity contribution in [3.05, 3.63) is 0 Å². The van der Waals surface area contributed by atoms with Crippen molar-refractivity contribution in [1.82, 2.24) is 10.2 Å². The summed E-state index contributed by atoms with van der Waals surface area (Å²) in [5.74, 6) is 0.114. The van der Waals surface area contributed by atoms with Crippen LogP contribution in [0.4, 0.5) is 0 Å². The Morgan fingerprint density at radius 1 is 1.17 bits per heavy atom. The van der Waals surface area contributed by atoms with Gasteiger partial charge in [0.05, 0.1) is 0 Å². The van der Waals surface area contributed by atoms with Gasteiger partial charge in [0, 0.05) is 6.04 Å². The van der Waals surface area contributed by atoms with Crippen LogP contribution in [-0.4, -0.2) is 34.8 Å². The summed E-state index contributed by atoms with van der Waals surface area (Å²) in [5.41, 5.74) is 0. The lowest BCUT2D eigenvalue weighted by Gasteiger charge is -2.43. The van der Waals surface area contributed by atoms with Gasteiger partial charge in [-0.2, -0.15) is 0 Å². The molecule has 1 fully saturated rings. The molecule has 1 aliphatic rings. The standard InChI is InChI=1S/C14H26N2O2/c1-5-9-10(6-2)16-12(8-4)13(17)15-11(7-3)14(16)18/h10-12H,5-9H2,1-4H3,(H,15,17). The maximum atomic E-state index is 12.5. The summed E-state index contributed by atoms with van der Waals surface area (Å²) in [6.45, 7) is 8.12. The molecule has 1 N–H and O–H groups in total. The Hall–Kier alpha value is -1.06. The van der Waals surface area contributed by atoms with E-state index < -0.39 is 0 Å². The minimum Gasteiger partial charge on any atom is -0.343 e. The highest BCUT2D eigenvalue weighted by Gasteiger charge is 2.41. The monoisotopic (exact) mass is 254 g/mol. The van der Waals surface area contributed by atoms with E-state index in [0.717, 1.165) is 19.3 Å². The Morgan fingerprint density at radius 2 is 1.83 bits per heavy atom. The lowest BCUT2D eigenvalue weighted by Crippen LogP contribution is -2.65. The van der Waals surface area contributed by atoms with E-state index in [0.29, 0.717) is 12.8 Å². The van der Waals surface area contributed by atoms with Crippen molar-refractivity contribution in [2.24, 2.45) is 0 Å². The Kier molecular flexibility index (Phi) is 5.63. The summed E-state index contributed by atoms with van der Waals surface area (Å²) >= 11 is 0. The van der Waals surface area contributed by atoms with Gasteiger partial charge < -0.3 is 10.2 Å². The van der Waals surface area contributed by atoms with Crippen LogP contribution in [-0.2, 0) is 9.59 Å². The van der Waals surface area contributed by atoms with Crippen LogP contribution in [0.15, 0.2) is 0 Å². The molecule has 0 aromatic heterocycles. The maximum absolute atomic E-state index is 12.5. The van der Waals surface area contributed by atoms with E-state index in [-0.39, 0.29) is 29.9 Å². The van der Waals surface area contributed by atoms with Crippen molar-refractivity contribution in [3.63, 3.8) is 0 Å². The van der Waals surface area contributed by atoms with Gasteiger partial charge in [0.15, 0.2) is 0 Å².